The van der Waals surface area contributed by atoms with Crippen LogP contribution in [0.5, 0.6) is 0 Å². The van der Waals surface area contributed by atoms with E-state index < -0.39 is 16.6 Å². The molecule has 18 heavy (non-hydrogen) atoms. The van der Waals surface area contributed by atoms with Gasteiger partial charge in [-0.3, -0.25) is 0 Å². The normalized spacial score (nSPS) is 20.7. The zero-order chi connectivity index (χ0) is 13.6. The third kappa shape index (κ3) is 2.60. The summed E-state index contributed by atoms with van der Waals surface area (Å²) in [4.78, 5) is 2.13. The molecule has 0 radical (unpaired) electrons. The minimum Gasteiger partial charge on any atom is -0.449 e. The summed E-state index contributed by atoms with van der Waals surface area (Å²) in [6, 6.07) is 8.84. The smallest absolute Gasteiger partial charge is 0.206 e. The van der Waals surface area contributed by atoms with Crippen LogP contribution in [0.3, 0.4) is 0 Å². The van der Waals surface area contributed by atoms with Crippen LogP contribution < -0.4 is 4.90 Å². The molecule has 1 aliphatic heterocycles. The summed E-state index contributed by atoms with van der Waals surface area (Å²) in [6.45, 7) is 9.17. The summed E-state index contributed by atoms with van der Waals surface area (Å²) in [6.07, 6.45) is 0. The van der Waals surface area contributed by atoms with E-state index in [0.29, 0.717) is 0 Å². The Labute approximate surface area is 113 Å². The van der Waals surface area contributed by atoms with Crippen LogP contribution in [0.1, 0.15) is 5.56 Å². The van der Waals surface area contributed by atoms with Gasteiger partial charge in [0.2, 0.25) is 8.32 Å². The lowest BCUT2D eigenvalue weighted by Crippen LogP contribution is -2.36. The van der Waals surface area contributed by atoms with Gasteiger partial charge in [0.1, 0.15) is 0 Å². The van der Waals surface area contributed by atoms with E-state index in [2.05, 4.69) is 75.1 Å². The predicted octanol–water partition coefficient (Wildman–Crippen LogP) is 3.65. The second-order valence-corrected chi connectivity index (χ2v) is 14.1. The molecule has 0 unspecified atom stereocenters. The van der Waals surface area contributed by atoms with Crippen molar-refractivity contribution in [2.45, 2.75) is 26.2 Å². The highest BCUT2D eigenvalue weighted by atomic mass is 28.4. The van der Waals surface area contributed by atoms with Crippen molar-refractivity contribution < 1.29 is 4.12 Å². The van der Waals surface area contributed by atoms with E-state index in [1.807, 2.05) is 0 Å². The van der Waals surface area contributed by atoms with Gasteiger partial charge in [0.25, 0.3) is 0 Å². The van der Waals surface area contributed by atoms with Crippen LogP contribution in [0, 0.1) is 0 Å². The Balaban J connectivity index is 2.37. The van der Waals surface area contributed by atoms with Crippen LogP contribution in [-0.2, 0) is 4.12 Å². The van der Waals surface area contributed by atoms with Gasteiger partial charge >= 0.3 is 0 Å². The molecule has 1 aromatic carbocycles. The molecule has 1 heterocycles. The van der Waals surface area contributed by atoms with Gasteiger partial charge in [-0.2, -0.15) is 0 Å². The van der Waals surface area contributed by atoms with Crippen molar-refractivity contribution in [3.8, 4) is 0 Å². The standard InChI is InChI=1S/C14H23NOSi2/c1-15(2)13-9-7-12(8-10-13)14-11-17(3,4)16-18(14,5)6/h7-11H,1-6H3. The van der Waals surface area contributed by atoms with E-state index in [9.17, 15) is 0 Å². The molecule has 2 rings (SSSR count). The van der Waals surface area contributed by atoms with Crippen molar-refractivity contribution in [1.82, 2.24) is 0 Å². The van der Waals surface area contributed by atoms with Gasteiger partial charge in [0.15, 0.2) is 8.32 Å². The first kappa shape index (κ1) is 13.6. The van der Waals surface area contributed by atoms with Crippen LogP contribution in [-0.4, -0.2) is 30.7 Å². The van der Waals surface area contributed by atoms with Crippen LogP contribution in [0.25, 0.3) is 5.20 Å². The molecule has 0 aromatic heterocycles. The van der Waals surface area contributed by atoms with Gasteiger partial charge in [-0.1, -0.05) is 17.8 Å². The molecule has 1 aliphatic rings. The molecule has 0 aliphatic carbocycles. The summed E-state index contributed by atoms with van der Waals surface area (Å²) in [5, 5.41) is 1.48. The van der Waals surface area contributed by atoms with Crippen LogP contribution in [0.15, 0.2) is 30.0 Å². The molecule has 4 heteroatoms. The SMILES string of the molecule is CN(C)c1ccc(C2=C[Si](C)(C)O[Si]2(C)C)cc1. The fourth-order valence-corrected chi connectivity index (χ4v) is 12.7. The lowest BCUT2D eigenvalue weighted by atomic mass is 10.2. The maximum absolute atomic E-state index is 6.36. The zero-order valence-electron chi connectivity index (χ0n) is 12.2. The monoisotopic (exact) mass is 277 g/mol. The Morgan fingerprint density at radius 2 is 1.50 bits per heavy atom. The maximum atomic E-state index is 6.36. The molecule has 0 saturated carbocycles. The second-order valence-electron chi connectivity index (χ2n) is 6.22. The van der Waals surface area contributed by atoms with E-state index in [0.717, 1.165) is 0 Å². The molecule has 0 amide bonds. The topological polar surface area (TPSA) is 12.5 Å². The summed E-state index contributed by atoms with van der Waals surface area (Å²) in [5.74, 6) is 0. The van der Waals surface area contributed by atoms with E-state index in [-0.39, 0.29) is 0 Å². The Morgan fingerprint density at radius 1 is 0.944 bits per heavy atom. The maximum Gasteiger partial charge on any atom is 0.206 e. The highest BCUT2D eigenvalue weighted by molar-refractivity contribution is 7.03. The number of hydrogen-bond donors (Lipinski definition) is 0. The van der Waals surface area contributed by atoms with Crippen molar-refractivity contribution in [3.05, 3.63) is 35.5 Å². The minimum atomic E-state index is -1.68. The zero-order valence-corrected chi connectivity index (χ0v) is 14.2. The summed E-state index contributed by atoms with van der Waals surface area (Å²) in [5.41, 5.74) is 5.02. The number of hydrogen-bond acceptors (Lipinski definition) is 2. The first-order valence-corrected chi connectivity index (χ1v) is 12.3. The Morgan fingerprint density at radius 3 is 1.89 bits per heavy atom. The number of anilines is 1. The van der Waals surface area contributed by atoms with Crippen LogP contribution in [0.2, 0.25) is 26.2 Å². The highest BCUT2D eigenvalue weighted by Crippen LogP contribution is 2.37. The minimum absolute atomic E-state index is 1.24. The molecule has 1 aromatic rings. The fourth-order valence-electron chi connectivity index (χ4n) is 2.63. The molecule has 2 nitrogen and oxygen atoms in total. The van der Waals surface area contributed by atoms with Crippen molar-refractivity contribution in [2.75, 3.05) is 19.0 Å². The lowest BCUT2D eigenvalue weighted by Gasteiger charge is -2.25. The van der Waals surface area contributed by atoms with Gasteiger partial charge in [0.05, 0.1) is 0 Å². The molecule has 0 bridgehead atoms. The van der Waals surface area contributed by atoms with Crippen molar-refractivity contribution in [3.63, 3.8) is 0 Å². The van der Waals surface area contributed by atoms with Crippen LogP contribution in [0.4, 0.5) is 5.69 Å². The molecular formula is C14H23NOSi2. The second kappa shape index (κ2) is 4.36. The van der Waals surface area contributed by atoms with Crippen molar-refractivity contribution in [2.24, 2.45) is 0 Å². The van der Waals surface area contributed by atoms with Crippen LogP contribution >= 0.6 is 0 Å². The van der Waals surface area contributed by atoms with Crippen molar-refractivity contribution in [1.29, 1.82) is 0 Å². The highest BCUT2D eigenvalue weighted by Gasteiger charge is 2.42. The number of benzene rings is 1. The number of nitrogens with zero attached hydrogens (tertiary/aromatic N) is 1. The molecule has 0 saturated heterocycles. The average molecular weight is 278 g/mol. The van der Waals surface area contributed by atoms with Gasteiger partial charge < -0.3 is 9.02 Å². The van der Waals surface area contributed by atoms with Crippen molar-refractivity contribution >= 4 is 27.5 Å². The third-order valence-corrected chi connectivity index (χ3v) is 10.5. The molecule has 0 spiro atoms. The van der Waals surface area contributed by atoms with Gasteiger partial charge in [-0.25, -0.2) is 0 Å². The summed E-state index contributed by atoms with van der Waals surface area (Å²) in [7, 11) is 0.894. The summed E-state index contributed by atoms with van der Waals surface area (Å²) < 4.78 is 6.36. The fraction of sp³-hybridized carbons (Fsp3) is 0.429. The van der Waals surface area contributed by atoms with E-state index in [1.165, 1.54) is 16.4 Å². The molecular weight excluding hydrogens is 254 g/mol. The Kier molecular flexibility index (Phi) is 3.29. The summed E-state index contributed by atoms with van der Waals surface area (Å²) >= 11 is 0. The molecule has 98 valence electrons. The number of rotatable bonds is 2. The van der Waals surface area contributed by atoms with E-state index >= 15 is 0 Å². The largest absolute Gasteiger partial charge is 0.449 e. The molecule has 0 fully saturated rings. The third-order valence-electron chi connectivity index (χ3n) is 3.35. The first-order valence-electron chi connectivity index (χ1n) is 6.42. The quantitative estimate of drug-likeness (QED) is 0.765. The van der Waals surface area contributed by atoms with Gasteiger partial charge in [-0.15, -0.1) is 0 Å². The first-order chi connectivity index (χ1) is 8.21. The predicted molar refractivity (Wildman–Crippen MR) is 84.8 cm³/mol. The Hall–Kier alpha value is -0.846. The van der Waals surface area contributed by atoms with Gasteiger partial charge in [-0.05, 0) is 49.1 Å². The van der Waals surface area contributed by atoms with Gasteiger partial charge in [0, 0.05) is 19.8 Å². The van der Waals surface area contributed by atoms with E-state index in [1.54, 1.807) is 0 Å². The Bertz CT molecular complexity index is 475. The average Bonchev–Trinajstić information content (AvgIpc) is 2.47. The molecule has 0 atom stereocenters. The van der Waals surface area contributed by atoms with E-state index in [4.69, 9.17) is 4.12 Å². The molecule has 0 N–H and O–H groups in total. The lowest BCUT2D eigenvalue weighted by molar-refractivity contribution is 0.582.